The zero-order chi connectivity index (χ0) is 12.7. The van der Waals surface area contributed by atoms with Gasteiger partial charge >= 0.3 is 0 Å². The van der Waals surface area contributed by atoms with Crippen LogP contribution in [0.1, 0.15) is 11.6 Å². The van der Waals surface area contributed by atoms with Gasteiger partial charge in [0, 0.05) is 5.56 Å². The fraction of sp³-hybridized carbons (Fsp3) is 0.154. The van der Waals surface area contributed by atoms with E-state index >= 15 is 0 Å². The molecule has 0 saturated carbocycles. The fourth-order valence-corrected chi connectivity index (χ4v) is 2.32. The molecule has 1 aromatic carbocycles. The zero-order valence-electron chi connectivity index (χ0n) is 10.00. The van der Waals surface area contributed by atoms with Gasteiger partial charge in [-0.2, -0.15) is 0 Å². The number of anilines is 1. The number of hydrogen-bond donors (Lipinski definition) is 2. The molecule has 2 N–H and O–H groups in total. The Morgan fingerprint density at radius 1 is 1.21 bits per heavy atom. The molecule has 94 valence electrons. The monoisotopic (exact) mass is 253 g/mol. The first kappa shape index (κ1) is 10.3. The summed E-state index contributed by atoms with van der Waals surface area (Å²) in [4.78, 5) is 15.5. The summed E-state index contributed by atoms with van der Waals surface area (Å²) in [6.45, 7) is 0.596. The normalized spacial score (nSPS) is 17.2. The van der Waals surface area contributed by atoms with Crippen molar-refractivity contribution in [2.24, 2.45) is 0 Å². The Hall–Kier alpha value is -2.63. The number of benzene rings is 1. The summed E-state index contributed by atoms with van der Waals surface area (Å²) < 4.78 is 5.65. The molecular weight excluding hydrogens is 242 g/mol. The Bertz CT molecular complexity index is 738. The van der Waals surface area contributed by atoms with Crippen LogP contribution in [-0.2, 0) is 0 Å². The van der Waals surface area contributed by atoms with Crippen molar-refractivity contribution in [1.82, 2.24) is 19.9 Å². The molecule has 0 bridgehead atoms. The molecule has 0 unspecified atom stereocenters. The van der Waals surface area contributed by atoms with Crippen LogP contribution in [0.5, 0.6) is 5.75 Å². The van der Waals surface area contributed by atoms with Crippen LogP contribution in [0.15, 0.2) is 36.9 Å². The van der Waals surface area contributed by atoms with Gasteiger partial charge in [0.05, 0.1) is 12.4 Å². The number of aromatic nitrogens is 4. The van der Waals surface area contributed by atoms with Gasteiger partial charge in [0.2, 0.25) is 0 Å². The van der Waals surface area contributed by atoms with Crippen LogP contribution in [0.3, 0.4) is 0 Å². The molecule has 3 heterocycles. The van der Waals surface area contributed by atoms with E-state index in [2.05, 4.69) is 31.3 Å². The molecule has 1 aliphatic heterocycles. The molecule has 0 spiro atoms. The lowest BCUT2D eigenvalue weighted by Gasteiger charge is -2.12. The van der Waals surface area contributed by atoms with Gasteiger partial charge in [-0.25, -0.2) is 15.0 Å². The first-order valence-electron chi connectivity index (χ1n) is 6.04. The number of nitrogens with zero attached hydrogens (tertiary/aromatic N) is 3. The number of nitrogens with one attached hydrogen (secondary N) is 2. The highest BCUT2D eigenvalue weighted by atomic mass is 16.5. The lowest BCUT2D eigenvalue weighted by molar-refractivity contribution is 0.339. The molecule has 2 aromatic heterocycles. The van der Waals surface area contributed by atoms with E-state index in [4.69, 9.17) is 4.74 Å². The van der Waals surface area contributed by atoms with Crippen LogP contribution in [0.4, 0.5) is 5.82 Å². The highest BCUT2D eigenvalue weighted by molar-refractivity contribution is 5.82. The number of fused-ring (bicyclic) bond motifs is 2. The van der Waals surface area contributed by atoms with Gasteiger partial charge in [-0.05, 0) is 6.07 Å². The second-order valence-corrected chi connectivity index (χ2v) is 4.37. The van der Waals surface area contributed by atoms with Gasteiger partial charge < -0.3 is 15.0 Å². The molecule has 1 aliphatic rings. The fourth-order valence-electron chi connectivity index (χ4n) is 2.32. The van der Waals surface area contributed by atoms with E-state index < -0.39 is 0 Å². The van der Waals surface area contributed by atoms with E-state index in [1.54, 1.807) is 6.33 Å². The van der Waals surface area contributed by atoms with E-state index in [1.165, 1.54) is 6.33 Å². The average molecular weight is 253 g/mol. The maximum absolute atomic E-state index is 5.65. The van der Waals surface area contributed by atoms with Crippen LogP contribution in [0, 0.1) is 0 Å². The smallest absolute Gasteiger partial charge is 0.182 e. The second kappa shape index (κ2) is 3.94. The Labute approximate surface area is 108 Å². The van der Waals surface area contributed by atoms with Crippen molar-refractivity contribution in [3.05, 3.63) is 42.5 Å². The second-order valence-electron chi connectivity index (χ2n) is 4.37. The number of H-pyrrole nitrogens is 1. The summed E-state index contributed by atoms with van der Waals surface area (Å²) in [5, 5.41) is 3.38. The van der Waals surface area contributed by atoms with Gasteiger partial charge in [-0.3, -0.25) is 0 Å². The van der Waals surface area contributed by atoms with Crippen molar-refractivity contribution in [2.45, 2.75) is 6.04 Å². The maximum Gasteiger partial charge on any atom is 0.182 e. The van der Waals surface area contributed by atoms with E-state index in [0.29, 0.717) is 12.3 Å². The average Bonchev–Trinajstić information content (AvgIpc) is 3.06. The summed E-state index contributed by atoms with van der Waals surface area (Å²) in [5.41, 5.74) is 2.62. The van der Waals surface area contributed by atoms with Gasteiger partial charge in [-0.15, -0.1) is 0 Å². The van der Waals surface area contributed by atoms with Crippen molar-refractivity contribution in [2.75, 3.05) is 11.9 Å². The lowest BCUT2D eigenvalue weighted by atomic mass is 10.1. The van der Waals surface area contributed by atoms with Crippen LogP contribution in [0.25, 0.3) is 11.2 Å². The van der Waals surface area contributed by atoms with Crippen molar-refractivity contribution in [3.63, 3.8) is 0 Å². The summed E-state index contributed by atoms with van der Waals surface area (Å²) >= 11 is 0. The molecule has 6 heteroatoms. The van der Waals surface area contributed by atoms with Crippen molar-refractivity contribution in [1.29, 1.82) is 0 Å². The van der Waals surface area contributed by atoms with E-state index in [-0.39, 0.29) is 6.04 Å². The molecule has 0 saturated heterocycles. The number of rotatable bonds is 2. The minimum Gasteiger partial charge on any atom is -0.491 e. The Balaban J connectivity index is 1.71. The van der Waals surface area contributed by atoms with Crippen molar-refractivity contribution < 1.29 is 4.74 Å². The van der Waals surface area contributed by atoms with Crippen LogP contribution in [0.2, 0.25) is 0 Å². The highest BCUT2D eigenvalue weighted by Gasteiger charge is 2.24. The lowest BCUT2D eigenvalue weighted by Crippen LogP contribution is -2.13. The third-order valence-electron chi connectivity index (χ3n) is 3.23. The summed E-state index contributed by atoms with van der Waals surface area (Å²) in [7, 11) is 0. The largest absolute Gasteiger partial charge is 0.491 e. The number of imidazole rings is 1. The molecule has 3 aromatic rings. The van der Waals surface area contributed by atoms with Crippen LogP contribution >= 0.6 is 0 Å². The standard InChI is InChI=1S/C13H11N5O/c1-2-4-10-8(3-1)9(5-19-10)18-13-11-12(15-6-14-11)16-7-17-13/h1-4,6-7,9H,5H2,(H2,14,15,16,17,18)/t9-/m0/s1. The summed E-state index contributed by atoms with van der Waals surface area (Å²) in [5.74, 6) is 1.67. The minimum absolute atomic E-state index is 0.0950. The van der Waals surface area contributed by atoms with E-state index in [0.717, 1.165) is 22.6 Å². The first-order chi connectivity index (χ1) is 9.42. The molecule has 6 nitrogen and oxygen atoms in total. The topological polar surface area (TPSA) is 75.7 Å². The first-order valence-corrected chi connectivity index (χ1v) is 6.04. The number of hydrogen-bond acceptors (Lipinski definition) is 5. The molecular formula is C13H11N5O. The SMILES string of the molecule is c1ccc2c(c1)OC[C@@H]2Nc1ncnc2nc[nH]c12. The minimum atomic E-state index is 0.0950. The molecule has 1 atom stereocenters. The third-order valence-corrected chi connectivity index (χ3v) is 3.23. The van der Waals surface area contributed by atoms with Crippen LogP contribution in [-0.4, -0.2) is 26.5 Å². The molecule has 0 amide bonds. The quantitative estimate of drug-likeness (QED) is 0.729. The highest BCUT2D eigenvalue weighted by Crippen LogP contribution is 2.34. The van der Waals surface area contributed by atoms with Crippen LogP contribution < -0.4 is 10.1 Å². The summed E-state index contributed by atoms with van der Waals surface area (Å²) in [6, 6.07) is 8.11. The molecule has 0 aliphatic carbocycles. The van der Waals surface area contributed by atoms with Crippen molar-refractivity contribution in [3.8, 4) is 5.75 Å². The molecule has 0 radical (unpaired) electrons. The Kier molecular flexibility index (Phi) is 2.14. The Morgan fingerprint density at radius 3 is 3.16 bits per heavy atom. The number of ether oxygens (including phenoxy) is 1. The van der Waals surface area contributed by atoms with E-state index in [1.807, 2.05) is 18.2 Å². The van der Waals surface area contributed by atoms with Crippen molar-refractivity contribution >= 4 is 17.0 Å². The number of aromatic amines is 1. The zero-order valence-corrected chi connectivity index (χ0v) is 10.00. The molecule has 19 heavy (non-hydrogen) atoms. The van der Waals surface area contributed by atoms with Gasteiger partial charge in [0.1, 0.15) is 24.2 Å². The Morgan fingerprint density at radius 2 is 2.16 bits per heavy atom. The number of para-hydroxylation sites is 1. The molecule has 4 rings (SSSR count). The van der Waals surface area contributed by atoms with Gasteiger partial charge in [0.15, 0.2) is 11.5 Å². The van der Waals surface area contributed by atoms with Gasteiger partial charge in [0.25, 0.3) is 0 Å². The van der Waals surface area contributed by atoms with E-state index in [9.17, 15) is 0 Å². The summed E-state index contributed by atoms with van der Waals surface area (Å²) in [6.07, 6.45) is 3.12. The molecule has 0 fully saturated rings. The predicted molar refractivity (Wildman–Crippen MR) is 70.0 cm³/mol. The third kappa shape index (κ3) is 1.61. The van der Waals surface area contributed by atoms with Gasteiger partial charge in [-0.1, -0.05) is 18.2 Å². The maximum atomic E-state index is 5.65. The predicted octanol–water partition coefficient (Wildman–Crippen LogP) is 1.90.